The first-order valence-electron chi connectivity index (χ1n) is 9.44. The van der Waals surface area contributed by atoms with Crippen molar-refractivity contribution in [2.45, 2.75) is 26.8 Å². The van der Waals surface area contributed by atoms with Crippen molar-refractivity contribution < 1.29 is 23.9 Å². The molecule has 3 heterocycles. The van der Waals surface area contributed by atoms with Gasteiger partial charge in [0.1, 0.15) is 11.8 Å². The topological polar surface area (TPSA) is 113 Å². The quantitative estimate of drug-likeness (QED) is 0.581. The number of nitrogens with one attached hydrogen (secondary N) is 1. The summed E-state index contributed by atoms with van der Waals surface area (Å²) < 4.78 is 5.53. The summed E-state index contributed by atoms with van der Waals surface area (Å²) >= 11 is 1.21. The number of ketones is 1. The summed E-state index contributed by atoms with van der Waals surface area (Å²) in [5.74, 6) is -1.68. The molecule has 31 heavy (non-hydrogen) atoms. The molecule has 158 valence electrons. The minimum Gasteiger partial charge on any atom is -0.503 e. The van der Waals surface area contributed by atoms with E-state index in [0.29, 0.717) is 32.7 Å². The van der Waals surface area contributed by atoms with Crippen LogP contribution in [0.25, 0.3) is 0 Å². The molecule has 1 aliphatic rings. The standard InChI is InChI=1S/C22H19N3O5S/c1-11-21(31-13(3)23-11)19(27)17-18(16-5-4-10-30-16)25(22(29)20(17)28)15-8-6-14(7-9-15)24-12(2)26/h4-10,18,28H,1-3H3,(H,24,26). The lowest BCUT2D eigenvalue weighted by Crippen LogP contribution is -2.30. The summed E-state index contributed by atoms with van der Waals surface area (Å²) in [5, 5.41) is 14.1. The maximum Gasteiger partial charge on any atom is 0.294 e. The van der Waals surface area contributed by atoms with Gasteiger partial charge in [0.15, 0.2) is 5.76 Å². The zero-order valence-corrected chi connectivity index (χ0v) is 17.8. The van der Waals surface area contributed by atoms with E-state index in [1.165, 1.54) is 29.4 Å². The van der Waals surface area contributed by atoms with E-state index in [-0.39, 0.29) is 11.5 Å². The molecule has 1 atom stereocenters. The van der Waals surface area contributed by atoms with E-state index in [1.54, 1.807) is 50.2 Å². The summed E-state index contributed by atoms with van der Waals surface area (Å²) in [6, 6.07) is 8.88. The molecule has 4 rings (SSSR count). The van der Waals surface area contributed by atoms with Crippen molar-refractivity contribution in [3.05, 3.63) is 75.3 Å². The number of nitrogens with zero attached hydrogens (tertiary/aromatic N) is 2. The summed E-state index contributed by atoms with van der Waals surface area (Å²) in [6.07, 6.45) is 1.44. The van der Waals surface area contributed by atoms with Crippen LogP contribution >= 0.6 is 11.3 Å². The van der Waals surface area contributed by atoms with Crippen LogP contribution in [0.2, 0.25) is 0 Å². The fraction of sp³-hybridized carbons (Fsp3) is 0.182. The van der Waals surface area contributed by atoms with Crippen LogP contribution in [0.3, 0.4) is 0 Å². The third-order valence-corrected chi connectivity index (χ3v) is 5.91. The molecule has 2 amide bonds. The molecule has 0 radical (unpaired) electrons. The number of benzene rings is 1. The van der Waals surface area contributed by atoms with Crippen molar-refractivity contribution in [2.75, 3.05) is 10.2 Å². The Bertz CT molecular complexity index is 1210. The van der Waals surface area contributed by atoms with Gasteiger partial charge in [-0.2, -0.15) is 0 Å². The van der Waals surface area contributed by atoms with E-state index in [0.717, 1.165) is 0 Å². The summed E-state index contributed by atoms with van der Waals surface area (Å²) in [5.41, 5.74) is 1.47. The van der Waals surface area contributed by atoms with Crippen molar-refractivity contribution in [1.29, 1.82) is 0 Å². The molecule has 1 unspecified atom stereocenters. The van der Waals surface area contributed by atoms with Gasteiger partial charge in [0.2, 0.25) is 11.7 Å². The summed E-state index contributed by atoms with van der Waals surface area (Å²) in [7, 11) is 0. The lowest BCUT2D eigenvalue weighted by molar-refractivity contribution is -0.117. The third-order valence-electron chi connectivity index (χ3n) is 4.84. The first-order chi connectivity index (χ1) is 14.8. The van der Waals surface area contributed by atoms with Gasteiger partial charge >= 0.3 is 0 Å². The van der Waals surface area contributed by atoms with Gasteiger partial charge in [-0.15, -0.1) is 11.3 Å². The zero-order chi connectivity index (χ0) is 22.3. The van der Waals surface area contributed by atoms with Crippen molar-refractivity contribution in [3.63, 3.8) is 0 Å². The highest BCUT2D eigenvalue weighted by atomic mass is 32.1. The molecule has 8 nitrogen and oxygen atoms in total. The normalized spacial score (nSPS) is 16.2. The average molecular weight is 437 g/mol. The second-order valence-corrected chi connectivity index (χ2v) is 8.26. The van der Waals surface area contributed by atoms with Crippen molar-refractivity contribution in [3.8, 4) is 0 Å². The largest absolute Gasteiger partial charge is 0.503 e. The molecule has 1 aliphatic heterocycles. The molecule has 3 aromatic rings. The van der Waals surface area contributed by atoms with Crippen LogP contribution in [0, 0.1) is 13.8 Å². The number of thiazole rings is 1. The molecule has 0 saturated heterocycles. The van der Waals surface area contributed by atoms with E-state index in [1.807, 2.05) is 0 Å². The number of carbonyl (C=O) groups is 3. The van der Waals surface area contributed by atoms with E-state index in [4.69, 9.17) is 4.42 Å². The highest BCUT2D eigenvalue weighted by Gasteiger charge is 2.46. The lowest BCUT2D eigenvalue weighted by atomic mass is 9.99. The van der Waals surface area contributed by atoms with Gasteiger partial charge in [-0.05, 0) is 50.2 Å². The molecule has 0 spiro atoms. The Labute approximate surface area is 181 Å². The minimum absolute atomic E-state index is 0.0577. The molecular formula is C22H19N3O5S. The number of aliphatic hydroxyl groups excluding tert-OH is 1. The first-order valence-corrected chi connectivity index (χ1v) is 10.3. The van der Waals surface area contributed by atoms with Gasteiger partial charge in [-0.25, -0.2) is 4.98 Å². The number of Topliss-reactive ketones (excluding diaryl/α,β-unsaturated/α-hetero) is 1. The Balaban J connectivity index is 1.79. The number of hydrogen-bond donors (Lipinski definition) is 2. The van der Waals surface area contributed by atoms with Crippen LogP contribution in [0.5, 0.6) is 0 Å². The van der Waals surface area contributed by atoms with Gasteiger partial charge in [0.05, 0.1) is 27.4 Å². The van der Waals surface area contributed by atoms with Gasteiger partial charge in [-0.1, -0.05) is 0 Å². The van der Waals surface area contributed by atoms with Crippen molar-refractivity contribution in [1.82, 2.24) is 4.98 Å². The SMILES string of the molecule is CC(=O)Nc1ccc(N2C(=O)C(O)=C(C(=O)c3sc(C)nc3C)C2c2ccco2)cc1. The highest BCUT2D eigenvalue weighted by Crippen LogP contribution is 2.43. The Kier molecular flexibility index (Phi) is 5.20. The molecular weight excluding hydrogens is 418 g/mol. The monoisotopic (exact) mass is 437 g/mol. The smallest absolute Gasteiger partial charge is 0.294 e. The molecule has 0 aliphatic carbocycles. The number of anilines is 2. The Hall–Kier alpha value is -3.72. The fourth-order valence-corrected chi connectivity index (χ4v) is 4.47. The number of aromatic nitrogens is 1. The lowest BCUT2D eigenvalue weighted by Gasteiger charge is -2.25. The molecule has 9 heteroatoms. The van der Waals surface area contributed by atoms with Gasteiger partial charge < -0.3 is 14.8 Å². The minimum atomic E-state index is -0.941. The van der Waals surface area contributed by atoms with Crippen LogP contribution < -0.4 is 10.2 Å². The van der Waals surface area contributed by atoms with E-state index < -0.39 is 23.5 Å². The molecule has 0 bridgehead atoms. The second-order valence-electron chi connectivity index (χ2n) is 7.06. The fourth-order valence-electron chi connectivity index (χ4n) is 3.59. The third kappa shape index (κ3) is 3.64. The van der Waals surface area contributed by atoms with E-state index in [9.17, 15) is 19.5 Å². The van der Waals surface area contributed by atoms with Crippen LogP contribution in [0.15, 0.2) is 58.4 Å². The Morgan fingerprint density at radius 3 is 2.45 bits per heavy atom. The number of furan rings is 1. The average Bonchev–Trinajstić information content (AvgIpc) is 3.41. The number of amides is 2. The molecule has 0 saturated carbocycles. The summed E-state index contributed by atoms with van der Waals surface area (Å²) in [4.78, 5) is 43.7. The maximum absolute atomic E-state index is 13.4. The van der Waals surface area contributed by atoms with Crippen molar-refractivity contribution in [2.24, 2.45) is 0 Å². The molecule has 1 aromatic carbocycles. The van der Waals surface area contributed by atoms with E-state index >= 15 is 0 Å². The van der Waals surface area contributed by atoms with Crippen LogP contribution in [-0.4, -0.2) is 27.7 Å². The summed E-state index contributed by atoms with van der Waals surface area (Å²) in [6.45, 7) is 4.90. The molecule has 2 aromatic heterocycles. The number of aryl methyl sites for hydroxylation is 2. The number of hydrogen-bond acceptors (Lipinski definition) is 7. The Morgan fingerprint density at radius 1 is 1.19 bits per heavy atom. The van der Waals surface area contributed by atoms with Crippen LogP contribution in [0.4, 0.5) is 11.4 Å². The predicted molar refractivity (Wildman–Crippen MR) is 115 cm³/mol. The number of rotatable bonds is 5. The zero-order valence-electron chi connectivity index (χ0n) is 17.0. The Morgan fingerprint density at radius 2 is 1.90 bits per heavy atom. The van der Waals surface area contributed by atoms with Gasteiger partial charge in [0, 0.05) is 18.3 Å². The van der Waals surface area contributed by atoms with E-state index in [2.05, 4.69) is 10.3 Å². The van der Waals surface area contributed by atoms with Crippen LogP contribution in [0.1, 0.15) is 39.1 Å². The maximum atomic E-state index is 13.4. The first kappa shape index (κ1) is 20.5. The van der Waals surface area contributed by atoms with Crippen molar-refractivity contribution >= 4 is 40.3 Å². The molecule has 2 N–H and O–H groups in total. The number of aliphatic hydroxyl groups is 1. The van der Waals surface area contributed by atoms with Crippen LogP contribution in [-0.2, 0) is 9.59 Å². The van der Waals surface area contributed by atoms with Gasteiger partial charge in [0.25, 0.3) is 5.91 Å². The highest BCUT2D eigenvalue weighted by molar-refractivity contribution is 7.14. The number of carbonyl (C=O) groups excluding carboxylic acids is 3. The predicted octanol–water partition coefficient (Wildman–Crippen LogP) is 4.09. The van der Waals surface area contributed by atoms with Gasteiger partial charge in [-0.3, -0.25) is 19.3 Å². The molecule has 0 fully saturated rings. The second kappa shape index (κ2) is 7.84.